The Morgan fingerprint density at radius 3 is 2.88 bits per heavy atom. The van der Waals surface area contributed by atoms with Gasteiger partial charge in [-0.25, -0.2) is 24.3 Å². The molecule has 0 aliphatic heterocycles. The lowest BCUT2D eigenvalue weighted by atomic mass is 10.0. The van der Waals surface area contributed by atoms with E-state index in [0.717, 1.165) is 22.4 Å². The van der Waals surface area contributed by atoms with Gasteiger partial charge in [0.05, 0.1) is 17.4 Å². The summed E-state index contributed by atoms with van der Waals surface area (Å²) in [6, 6.07) is 3.05. The van der Waals surface area contributed by atoms with Crippen molar-refractivity contribution in [3.63, 3.8) is 0 Å². The fourth-order valence-corrected chi connectivity index (χ4v) is 2.91. The van der Waals surface area contributed by atoms with Crippen LogP contribution >= 0.6 is 0 Å². The van der Waals surface area contributed by atoms with Gasteiger partial charge < -0.3 is 15.3 Å². The van der Waals surface area contributed by atoms with Crippen LogP contribution in [0.5, 0.6) is 0 Å². The Morgan fingerprint density at radius 1 is 1.16 bits per heavy atom. The minimum absolute atomic E-state index is 0.210. The van der Waals surface area contributed by atoms with Crippen molar-refractivity contribution >= 4 is 28.0 Å². The quantitative estimate of drug-likeness (QED) is 0.519. The molecule has 4 aromatic rings. The van der Waals surface area contributed by atoms with Gasteiger partial charge in [-0.15, -0.1) is 0 Å². The molecule has 3 heterocycles. The number of aromatic amines is 2. The summed E-state index contributed by atoms with van der Waals surface area (Å²) in [5.41, 5.74) is 3.88. The zero-order chi connectivity index (χ0) is 17.4. The van der Waals surface area contributed by atoms with Crippen LogP contribution in [-0.2, 0) is 6.42 Å². The van der Waals surface area contributed by atoms with E-state index >= 15 is 0 Å². The molecule has 4 rings (SSSR count). The molecule has 7 nitrogen and oxygen atoms in total. The Morgan fingerprint density at radius 2 is 2.04 bits per heavy atom. The number of nitrogens with one attached hydrogen (secondary N) is 3. The molecule has 3 aromatic heterocycles. The van der Waals surface area contributed by atoms with Gasteiger partial charge in [0.2, 0.25) is 0 Å². The van der Waals surface area contributed by atoms with Crippen molar-refractivity contribution in [3.8, 4) is 0 Å². The Hall–Kier alpha value is -3.03. The molecule has 0 saturated carbocycles. The predicted octanol–water partition coefficient (Wildman–Crippen LogP) is 3.15. The Labute approximate surface area is 143 Å². The summed E-state index contributed by atoms with van der Waals surface area (Å²) in [5.74, 6) is 1.45. The lowest BCUT2D eigenvalue weighted by Crippen LogP contribution is -2.08. The third kappa shape index (κ3) is 2.90. The summed E-state index contributed by atoms with van der Waals surface area (Å²) < 4.78 is 13.8. The molecule has 3 N–H and O–H groups in total. The number of H-pyrrole nitrogens is 2. The van der Waals surface area contributed by atoms with Gasteiger partial charge in [-0.3, -0.25) is 0 Å². The zero-order valence-electron chi connectivity index (χ0n) is 14.0. The van der Waals surface area contributed by atoms with Crippen LogP contribution in [0.1, 0.15) is 31.2 Å². The van der Waals surface area contributed by atoms with Crippen LogP contribution < -0.4 is 5.32 Å². The summed E-state index contributed by atoms with van der Waals surface area (Å²) >= 11 is 0. The molecule has 0 radical (unpaired) electrons. The first kappa shape index (κ1) is 15.5. The maximum absolute atomic E-state index is 13.8. The second-order valence-corrected chi connectivity index (χ2v) is 6.23. The van der Waals surface area contributed by atoms with E-state index in [1.807, 2.05) is 13.8 Å². The summed E-state index contributed by atoms with van der Waals surface area (Å²) in [6.45, 7) is 4.70. The highest BCUT2D eigenvalue weighted by molar-refractivity contribution is 5.82. The molecular weight excluding hydrogens is 321 g/mol. The average molecular weight is 339 g/mol. The number of rotatable bonds is 5. The van der Waals surface area contributed by atoms with Crippen LogP contribution in [0.3, 0.4) is 0 Å². The van der Waals surface area contributed by atoms with Gasteiger partial charge in [-0.2, -0.15) is 0 Å². The standard InChI is InChI=1S/C17H18FN7/c1-9(2)11-5-10(18)6-12-14(11)25-13(24-12)3-4-19-16-15-17(21-7-20-15)23-8-22-16/h5-9H,3-4H2,1-2H3,(H,24,25)(H2,19,20,21,22,23). The van der Waals surface area contributed by atoms with E-state index in [9.17, 15) is 4.39 Å². The van der Waals surface area contributed by atoms with E-state index in [2.05, 4.69) is 35.2 Å². The van der Waals surface area contributed by atoms with E-state index in [-0.39, 0.29) is 11.7 Å². The van der Waals surface area contributed by atoms with Crippen LogP contribution in [0.4, 0.5) is 10.2 Å². The molecule has 0 saturated heterocycles. The van der Waals surface area contributed by atoms with Crippen LogP contribution in [-0.4, -0.2) is 36.4 Å². The molecule has 0 bridgehead atoms. The second kappa shape index (κ2) is 6.12. The van der Waals surface area contributed by atoms with Gasteiger partial charge >= 0.3 is 0 Å². The first-order valence-electron chi connectivity index (χ1n) is 8.18. The highest BCUT2D eigenvalue weighted by atomic mass is 19.1. The fraction of sp³-hybridized carbons (Fsp3) is 0.294. The van der Waals surface area contributed by atoms with E-state index in [1.54, 1.807) is 12.4 Å². The molecule has 0 amide bonds. The Kier molecular flexibility index (Phi) is 3.79. The predicted molar refractivity (Wildman–Crippen MR) is 94.0 cm³/mol. The van der Waals surface area contributed by atoms with Gasteiger partial charge in [-0.05, 0) is 23.6 Å². The SMILES string of the molecule is CC(C)c1cc(F)cc2[nH]c(CCNc3ncnc4[nH]cnc34)nc12. The van der Waals surface area contributed by atoms with E-state index < -0.39 is 0 Å². The highest BCUT2D eigenvalue weighted by Crippen LogP contribution is 2.25. The van der Waals surface area contributed by atoms with Crippen molar-refractivity contribution in [1.29, 1.82) is 0 Å². The molecule has 0 aliphatic rings. The summed E-state index contributed by atoms with van der Waals surface area (Å²) in [7, 11) is 0. The maximum atomic E-state index is 13.8. The number of aromatic nitrogens is 6. The minimum atomic E-state index is -0.244. The minimum Gasteiger partial charge on any atom is -0.368 e. The van der Waals surface area contributed by atoms with Crippen LogP contribution in [0, 0.1) is 5.82 Å². The summed E-state index contributed by atoms with van der Waals surface area (Å²) in [4.78, 5) is 23.3. The summed E-state index contributed by atoms with van der Waals surface area (Å²) in [6.07, 6.45) is 3.73. The summed E-state index contributed by atoms with van der Waals surface area (Å²) in [5, 5.41) is 3.25. The van der Waals surface area contributed by atoms with Gasteiger partial charge in [0.1, 0.15) is 23.5 Å². The smallest absolute Gasteiger partial charge is 0.162 e. The van der Waals surface area contributed by atoms with Crippen LogP contribution in [0.15, 0.2) is 24.8 Å². The first-order chi connectivity index (χ1) is 12.1. The molecule has 0 aliphatic carbocycles. The number of benzene rings is 1. The number of hydrogen-bond donors (Lipinski definition) is 3. The van der Waals surface area contributed by atoms with Gasteiger partial charge in [0, 0.05) is 13.0 Å². The van der Waals surface area contributed by atoms with Gasteiger partial charge in [-0.1, -0.05) is 13.8 Å². The lowest BCUT2D eigenvalue weighted by molar-refractivity contribution is 0.625. The molecule has 8 heteroatoms. The van der Waals surface area contributed by atoms with Crippen molar-refractivity contribution < 1.29 is 4.39 Å². The molecule has 0 unspecified atom stereocenters. The molecular formula is C17H18FN7. The largest absolute Gasteiger partial charge is 0.368 e. The number of fused-ring (bicyclic) bond motifs is 2. The molecule has 0 spiro atoms. The van der Waals surface area contributed by atoms with Crippen molar-refractivity contribution in [1.82, 2.24) is 29.9 Å². The zero-order valence-corrected chi connectivity index (χ0v) is 14.0. The molecule has 0 fully saturated rings. The van der Waals surface area contributed by atoms with E-state index in [1.165, 1.54) is 12.4 Å². The number of nitrogens with zero attached hydrogens (tertiary/aromatic N) is 4. The topological polar surface area (TPSA) is 95.2 Å². The van der Waals surface area contributed by atoms with Crippen LogP contribution in [0.2, 0.25) is 0 Å². The average Bonchev–Trinajstić information content (AvgIpc) is 3.20. The van der Waals surface area contributed by atoms with Crippen molar-refractivity contribution in [3.05, 3.63) is 42.0 Å². The van der Waals surface area contributed by atoms with Crippen molar-refractivity contribution in [2.24, 2.45) is 0 Å². The van der Waals surface area contributed by atoms with Crippen molar-refractivity contribution in [2.45, 2.75) is 26.2 Å². The molecule has 1 aromatic carbocycles. The van der Waals surface area contributed by atoms with Gasteiger partial charge in [0.25, 0.3) is 0 Å². The third-order valence-corrected chi connectivity index (χ3v) is 4.12. The molecule has 128 valence electrons. The number of anilines is 1. The number of halogens is 1. The first-order valence-corrected chi connectivity index (χ1v) is 8.18. The number of imidazole rings is 2. The van der Waals surface area contributed by atoms with E-state index in [0.29, 0.717) is 29.9 Å². The van der Waals surface area contributed by atoms with Crippen LogP contribution in [0.25, 0.3) is 22.2 Å². The van der Waals surface area contributed by atoms with Gasteiger partial charge in [0.15, 0.2) is 11.5 Å². The number of hydrogen-bond acceptors (Lipinski definition) is 5. The third-order valence-electron chi connectivity index (χ3n) is 4.12. The monoisotopic (exact) mass is 339 g/mol. The fourth-order valence-electron chi connectivity index (χ4n) is 2.91. The Balaban J connectivity index is 1.53. The highest BCUT2D eigenvalue weighted by Gasteiger charge is 2.13. The second-order valence-electron chi connectivity index (χ2n) is 6.23. The maximum Gasteiger partial charge on any atom is 0.162 e. The van der Waals surface area contributed by atoms with E-state index in [4.69, 9.17) is 0 Å². The lowest BCUT2D eigenvalue weighted by Gasteiger charge is -2.05. The Bertz CT molecular complexity index is 1030. The van der Waals surface area contributed by atoms with Crippen molar-refractivity contribution in [2.75, 3.05) is 11.9 Å². The molecule has 25 heavy (non-hydrogen) atoms. The molecule has 0 atom stereocenters. The normalized spacial score (nSPS) is 11.7.